The van der Waals surface area contributed by atoms with Gasteiger partial charge in [-0.15, -0.1) is 0 Å². The number of hydrogen-bond donors (Lipinski definition) is 1. The van der Waals surface area contributed by atoms with E-state index in [0.29, 0.717) is 0 Å². The van der Waals surface area contributed by atoms with Gasteiger partial charge in [0.15, 0.2) is 0 Å². The van der Waals surface area contributed by atoms with Crippen molar-refractivity contribution in [2.24, 2.45) is 0 Å². The van der Waals surface area contributed by atoms with Crippen molar-refractivity contribution in [3.05, 3.63) is 35.5 Å². The topological polar surface area (TPSA) is 28.7 Å². The molecule has 0 saturated carbocycles. The van der Waals surface area contributed by atoms with Crippen LogP contribution in [0.2, 0.25) is 5.02 Å². The molecule has 14 heavy (non-hydrogen) atoms. The summed E-state index contributed by atoms with van der Waals surface area (Å²) in [4.78, 5) is 7.64. The van der Waals surface area contributed by atoms with Gasteiger partial charge in [-0.1, -0.05) is 24.9 Å². The Balaban J connectivity index is 2.32. The van der Waals surface area contributed by atoms with Crippen molar-refractivity contribution in [2.75, 3.05) is 0 Å². The third kappa shape index (κ3) is 1.90. The van der Waals surface area contributed by atoms with Crippen LogP contribution in [-0.4, -0.2) is 9.97 Å². The van der Waals surface area contributed by atoms with Crippen LogP contribution in [0.4, 0.5) is 0 Å². The number of halogens is 1. The summed E-state index contributed by atoms with van der Waals surface area (Å²) in [5.74, 6) is 0.934. The molecular formula is C11H12ClN2. The number of nitrogens with zero attached hydrogens (tertiary/aromatic N) is 1. The van der Waals surface area contributed by atoms with Gasteiger partial charge < -0.3 is 4.98 Å². The molecule has 2 rings (SSSR count). The maximum atomic E-state index is 5.87. The van der Waals surface area contributed by atoms with Crippen molar-refractivity contribution in [3.63, 3.8) is 0 Å². The average molecular weight is 208 g/mol. The first-order valence-electron chi connectivity index (χ1n) is 4.78. The van der Waals surface area contributed by atoms with Crippen LogP contribution >= 0.6 is 11.6 Å². The van der Waals surface area contributed by atoms with E-state index in [2.05, 4.69) is 23.3 Å². The Morgan fingerprint density at radius 3 is 3.14 bits per heavy atom. The number of aromatic amines is 1. The lowest BCUT2D eigenvalue weighted by Gasteiger charge is -1.90. The SMILES string of the molecule is CCC[CH]c1nc2ccc(Cl)cc2[nH]1. The Morgan fingerprint density at radius 2 is 2.36 bits per heavy atom. The van der Waals surface area contributed by atoms with E-state index in [0.717, 1.165) is 34.7 Å². The minimum absolute atomic E-state index is 0.739. The van der Waals surface area contributed by atoms with Gasteiger partial charge in [-0.3, -0.25) is 0 Å². The summed E-state index contributed by atoms with van der Waals surface area (Å²) in [5, 5.41) is 0.739. The zero-order valence-electron chi connectivity index (χ0n) is 8.05. The zero-order valence-corrected chi connectivity index (χ0v) is 8.80. The Labute approximate surface area is 88.3 Å². The lowest BCUT2D eigenvalue weighted by Crippen LogP contribution is -1.82. The number of imidazole rings is 1. The van der Waals surface area contributed by atoms with E-state index in [4.69, 9.17) is 11.6 Å². The van der Waals surface area contributed by atoms with Crippen LogP contribution in [0, 0.1) is 6.42 Å². The van der Waals surface area contributed by atoms with Gasteiger partial charge in [0.2, 0.25) is 0 Å². The van der Waals surface area contributed by atoms with Gasteiger partial charge in [-0.2, -0.15) is 0 Å². The lowest BCUT2D eigenvalue weighted by atomic mass is 10.2. The molecule has 2 nitrogen and oxygen atoms in total. The number of nitrogens with one attached hydrogen (secondary N) is 1. The number of H-pyrrole nitrogens is 1. The Morgan fingerprint density at radius 1 is 1.50 bits per heavy atom. The van der Waals surface area contributed by atoms with Crippen LogP contribution in [0.3, 0.4) is 0 Å². The zero-order chi connectivity index (χ0) is 9.97. The predicted molar refractivity (Wildman–Crippen MR) is 59.4 cm³/mol. The highest BCUT2D eigenvalue weighted by molar-refractivity contribution is 6.31. The maximum absolute atomic E-state index is 5.87. The first-order chi connectivity index (χ1) is 6.79. The van der Waals surface area contributed by atoms with E-state index < -0.39 is 0 Å². The minimum Gasteiger partial charge on any atom is -0.342 e. The molecule has 0 atom stereocenters. The van der Waals surface area contributed by atoms with Crippen LogP contribution in [0.25, 0.3) is 11.0 Å². The number of benzene rings is 1. The van der Waals surface area contributed by atoms with E-state index in [9.17, 15) is 0 Å². The van der Waals surface area contributed by atoms with E-state index in [1.54, 1.807) is 0 Å². The van der Waals surface area contributed by atoms with Crippen molar-refractivity contribution in [2.45, 2.75) is 19.8 Å². The van der Waals surface area contributed by atoms with Crippen LogP contribution in [-0.2, 0) is 0 Å². The molecule has 1 radical (unpaired) electrons. The predicted octanol–water partition coefficient (Wildman–Crippen LogP) is 3.57. The van der Waals surface area contributed by atoms with Crippen molar-refractivity contribution < 1.29 is 0 Å². The Bertz CT molecular complexity index is 434. The molecule has 1 aromatic carbocycles. The molecule has 3 heteroatoms. The molecule has 0 amide bonds. The molecule has 0 fully saturated rings. The lowest BCUT2D eigenvalue weighted by molar-refractivity contribution is 0.893. The normalized spacial score (nSPS) is 11.0. The first kappa shape index (κ1) is 9.53. The first-order valence-corrected chi connectivity index (χ1v) is 5.16. The molecule has 73 valence electrons. The monoisotopic (exact) mass is 207 g/mol. The second-order valence-electron chi connectivity index (χ2n) is 3.28. The molecule has 1 N–H and O–H groups in total. The van der Waals surface area contributed by atoms with Crippen molar-refractivity contribution in [1.82, 2.24) is 9.97 Å². The third-order valence-corrected chi connectivity index (χ3v) is 2.32. The highest BCUT2D eigenvalue weighted by Gasteiger charge is 2.02. The molecule has 0 spiro atoms. The largest absolute Gasteiger partial charge is 0.342 e. The van der Waals surface area contributed by atoms with Gasteiger partial charge in [0.05, 0.1) is 11.0 Å². The van der Waals surface area contributed by atoms with Gasteiger partial charge in [0.25, 0.3) is 0 Å². The molecular weight excluding hydrogens is 196 g/mol. The molecule has 0 bridgehead atoms. The summed E-state index contributed by atoms with van der Waals surface area (Å²) in [5.41, 5.74) is 1.97. The molecule has 2 aromatic rings. The van der Waals surface area contributed by atoms with Crippen molar-refractivity contribution in [3.8, 4) is 0 Å². The van der Waals surface area contributed by atoms with E-state index in [1.807, 2.05) is 18.2 Å². The second kappa shape index (κ2) is 4.01. The molecule has 0 saturated heterocycles. The fourth-order valence-electron chi connectivity index (χ4n) is 1.38. The number of unbranched alkanes of at least 4 members (excludes halogenated alkanes) is 1. The molecule has 0 aliphatic carbocycles. The van der Waals surface area contributed by atoms with Gasteiger partial charge in [-0.05, 0) is 24.6 Å². The molecule has 1 heterocycles. The minimum atomic E-state index is 0.739. The van der Waals surface area contributed by atoms with Crippen LogP contribution in [0.1, 0.15) is 25.6 Å². The summed E-state index contributed by atoms with van der Waals surface area (Å²) in [6, 6.07) is 5.68. The number of hydrogen-bond acceptors (Lipinski definition) is 1. The van der Waals surface area contributed by atoms with Crippen molar-refractivity contribution in [1.29, 1.82) is 0 Å². The standard InChI is InChI=1S/C11H12ClN2/c1-2-3-4-11-13-9-6-5-8(12)7-10(9)14-11/h4-7H,2-3H2,1H3,(H,13,14). The second-order valence-corrected chi connectivity index (χ2v) is 3.71. The summed E-state index contributed by atoms with van der Waals surface area (Å²) < 4.78 is 0. The summed E-state index contributed by atoms with van der Waals surface area (Å²) in [6.07, 6.45) is 4.29. The third-order valence-electron chi connectivity index (χ3n) is 2.09. The number of fused-ring (bicyclic) bond motifs is 1. The summed E-state index contributed by atoms with van der Waals surface area (Å²) in [7, 11) is 0. The number of aromatic nitrogens is 2. The summed E-state index contributed by atoms with van der Waals surface area (Å²) >= 11 is 5.87. The highest BCUT2D eigenvalue weighted by Crippen LogP contribution is 2.18. The van der Waals surface area contributed by atoms with Gasteiger partial charge in [-0.25, -0.2) is 4.98 Å². The van der Waals surface area contributed by atoms with E-state index in [1.165, 1.54) is 0 Å². The Kier molecular flexibility index (Phi) is 2.73. The smallest absolute Gasteiger partial charge is 0.111 e. The molecule has 1 aromatic heterocycles. The highest BCUT2D eigenvalue weighted by atomic mass is 35.5. The van der Waals surface area contributed by atoms with E-state index in [-0.39, 0.29) is 0 Å². The fourth-order valence-corrected chi connectivity index (χ4v) is 1.55. The van der Waals surface area contributed by atoms with Crippen LogP contribution in [0.5, 0.6) is 0 Å². The van der Waals surface area contributed by atoms with Gasteiger partial charge in [0, 0.05) is 11.4 Å². The van der Waals surface area contributed by atoms with E-state index >= 15 is 0 Å². The number of rotatable bonds is 3. The van der Waals surface area contributed by atoms with Crippen LogP contribution < -0.4 is 0 Å². The summed E-state index contributed by atoms with van der Waals surface area (Å²) in [6.45, 7) is 2.15. The quantitative estimate of drug-likeness (QED) is 0.819. The maximum Gasteiger partial charge on any atom is 0.111 e. The average Bonchev–Trinajstić information content (AvgIpc) is 2.56. The fraction of sp³-hybridized carbons (Fsp3) is 0.273. The van der Waals surface area contributed by atoms with Crippen LogP contribution in [0.15, 0.2) is 18.2 Å². The van der Waals surface area contributed by atoms with Crippen molar-refractivity contribution >= 4 is 22.6 Å². The molecule has 0 aliphatic heterocycles. The van der Waals surface area contributed by atoms with Gasteiger partial charge in [0.1, 0.15) is 5.82 Å². The molecule has 0 unspecified atom stereocenters. The van der Waals surface area contributed by atoms with Gasteiger partial charge >= 0.3 is 0 Å². The Hall–Kier alpha value is -1.02. The molecule has 0 aliphatic rings.